The van der Waals surface area contributed by atoms with Crippen molar-refractivity contribution in [3.63, 3.8) is 0 Å². The molecule has 1 aliphatic rings. The molecule has 1 saturated carbocycles. The SMILES string of the molecule is CN(CCNC(=O)c1ccc(Cl)c(N)c1)C1CC1. The minimum Gasteiger partial charge on any atom is -0.398 e. The molecule has 4 nitrogen and oxygen atoms in total. The van der Waals surface area contributed by atoms with Crippen molar-refractivity contribution >= 4 is 23.2 Å². The first-order valence-corrected chi connectivity index (χ1v) is 6.49. The second kappa shape index (κ2) is 5.59. The van der Waals surface area contributed by atoms with Crippen LogP contribution in [0, 0.1) is 0 Å². The van der Waals surface area contributed by atoms with E-state index in [1.807, 2.05) is 0 Å². The average Bonchev–Trinajstić information content (AvgIpc) is 3.16. The van der Waals surface area contributed by atoms with Crippen LogP contribution in [0.3, 0.4) is 0 Å². The van der Waals surface area contributed by atoms with E-state index in [-0.39, 0.29) is 5.91 Å². The van der Waals surface area contributed by atoms with Crippen LogP contribution in [0.25, 0.3) is 0 Å². The molecule has 5 heteroatoms. The molecule has 0 spiro atoms. The van der Waals surface area contributed by atoms with Crippen molar-refractivity contribution in [1.82, 2.24) is 10.2 Å². The lowest BCUT2D eigenvalue weighted by molar-refractivity contribution is 0.0949. The van der Waals surface area contributed by atoms with Crippen molar-refractivity contribution in [3.05, 3.63) is 28.8 Å². The Kier molecular flexibility index (Phi) is 4.09. The Balaban J connectivity index is 1.81. The Bertz CT molecular complexity index is 446. The van der Waals surface area contributed by atoms with Crippen molar-refractivity contribution in [1.29, 1.82) is 0 Å². The highest BCUT2D eigenvalue weighted by Crippen LogP contribution is 2.24. The van der Waals surface area contributed by atoms with Gasteiger partial charge in [0.1, 0.15) is 0 Å². The molecule has 1 aromatic carbocycles. The minimum atomic E-state index is -0.109. The molecule has 1 fully saturated rings. The van der Waals surface area contributed by atoms with E-state index >= 15 is 0 Å². The van der Waals surface area contributed by atoms with Crippen LogP contribution in [-0.4, -0.2) is 37.0 Å². The third-order valence-electron chi connectivity index (χ3n) is 3.18. The molecule has 0 heterocycles. The molecular formula is C13H18ClN3O. The number of anilines is 1. The Morgan fingerprint density at radius 2 is 2.28 bits per heavy atom. The summed E-state index contributed by atoms with van der Waals surface area (Å²) in [5.41, 5.74) is 6.64. The van der Waals surface area contributed by atoms with E-state index in [0.717, 1.165) is 6.54 Å². The molecule has 1 aliphatic carbocycles. The molecule has 0 atom stereocenters. The third-order valence-corrected chi connectivity index (χ3v) is 3.52. The molecule has 0 unspecified atom stereocenters. The molecule has 3 N–H and O–H groups in total. The first kappa shape index (κ1) is 13.2. The Morgan fingerprint density at radius 3 is 2.89 bits per heavy atom. The maximum Gasteiger partial charge on any atom is 0.251 e. The summed E-state index contributed by atoms with van der Waals surface area (Å²) in [4.78, 5) is 14.1. The topological polar surface area (TPSA) is 58.4 Å². The number of carbonyl (C=O) groups is 1. The van der Waals surface area contributed by atoms with Gasteiger partial charge in [-0.15, -0.1) is 0 Å². The van der Waals surface area contributed by atoms with Gasteiger partial charge >= 0.3 is 0 Å². The number of halogens is 1. The summed E-state index contributed by atoms with van der Waals surface area (Å²) >= 11 is 5.81. The predicted molar refractivity (Wildman–Crippen MR) is 73.8 cm³/mol. The molecule has 1 amide bonds. The van der Waals surface area contributed by atoms with E-state index in [0.29, 0.717) is 28.9 Å². The van der Waals surface area contributed by atoms with Gasteiger partial charge in [0.05, 0.1) is 10.7 Å². The fourth-order valence-corrected chi connectivity index (χ4v) is 1.95. The molecule has 18 heavy (non-hydrogen) atoms. The first-order chi connectivity index (χ1) is 8.58. The zero-order valence-electron chi connectivity index (χ0n) is 10.4. The number of hydrogen-bond acceptors (Lipinski definition) is 3. The summed E-state index contributed by atoms with van der Waals surface area (Å²) in [5.74, 6) is -0.109. The van der Waals surface area contributed by atoms with Gasteiger partial charge in [0.2, 0.25) is 0 Å². The van der Waals surface area contributed by atoms with E-state index in [9.17, 15) is 4.79 Å². The maximum absolute atomic E-state index is 11.8. The number of benzene rings is 1. The number of nitrogens with two attached hydrogens (primary N) is 1. The lowest BCUT2D eigenvalue weighted by Crippen LogP contribution is -2.33. The predicted octanol–water partition coefficient (Wildman–Crippen LogP) is 1.75. The lowest BCUT2D eigenvalue weighted by atomic mass is 10.2. The van der Waals surface area contributed by atoms with Crippen molar-refractivity contribution in [2.24, 2.45) is 0 Å². The normalized spacial score (nSPS) is 14.8. The number of nitrogens with zero attached hydrogens (tertiary/aromatic N) is 1. The van der Waals surface area contributed by atoms with Gasteiger partial charge in [0.25, 0.3) is 5.91 Å². The highest BCUT2D eigenvalue weighted by Gasteiger charge is 2.25. The smallest absolute Gasteiger partial charge is 0.251 e. The Morgan fingerprint density at radius 1 is 1.56 bits per heavy atom. The van der Waals surface area contributed by atoms with Crippen LogP contribution in [0.4, 0.5) is 5.69 Å². The van der Waals surface area contributed by atoms with Crippen LogP contribution in [-0.2, 0) is 0 Å². The van der Waals surface area contributed by atoms with Gasteiger partial charge in [-0.05, 0) is 38.1 Å². The molecule has 0 saturated heterocycles. The third kappa shape index (κ3) is 3.37. The van der Waals surface area contributed by atoms with E-state index in [1.54, 1.807) is 18.2 Å². The standard InChI is InChI=1S/C13H18ClN3O/c1-17(10-3-4-10)7-6-16-13(18)9-2-5-11(14)12(15)8-9/h2,5,8,10H,3-4,6-7,15H2,1H3,(H,16,18). The van der Waals surface area contributed by atoms with Gasteiger partial charge < -0.3 is 16.0 Å². The fourth-order valence-electron chi connectivity index (χ4n) is 1.83. The first-order valence-electron chi connectivity index (χ1n) is 6.11. The van der Waals surface area contributed by atoms with E-state index in [1.165, 1.54) is 12.8 Å². The van der Waals surface area contributed by atoms with Crippen LogP contribution in [0.2, 0.25) is 5.02 Å². The number of nitrogen functional groups attached to an aromatic ring is 1. The summed E-state index contributed by atoms with van der Waals surface area (Å²) in [7, 11) is 2.09. The second-order valence-electron chi connectivity index (χ2n) is 4.70. The number of hydrogen-bond donors (Lipinski definition) is 2. The average molecular weight is 268 g/mol. The summed E-state index contributed by atoms with van der Waals surface area (Å²) < 4.78 is 0. The van der Waals surface area contributed by atoms with Gasteiger partial charge in [0.15, 0.2) is 0 Å². The largest absolute Gasteiger partial charge is 0.398 e. The minimum absolute atomic E-state index is 0.109. The van der Waals surface area contributed by atoms with Crippen molar-refractivity contribution in [2.45, 2.75) is 18.9 Å². The highest BCUT2D eigenvalue weighted by molar-refractivity contribution is 6.33. The summed E-state index contributed by atoms with van der Waals surface area (Å²) in [6, 6.07) is 5.64. The summed E-state index contributed by atoms with van der Waals surface area (Å²) in [5, 5.41) is 3.35. The van der Waals surface area contributed by atoms with Gasteiger partial charge in [0, 0.05) is 24.7 Å². The van der Waals surface area contributed by atoms with Crippen LogP contribution in [0.1, 0.15) is 23.2 Å². The molecule has 2 rings (SSSR count). The van der Waals surface area contributed by atoms with Gasteiger partial charge in [-0.25, -0.2) is 0 Å². The summed E-state index contributed by atoms with van der Waals surface area (Å²) in [6.07, 6.45) is 2.55. The zero-order chi connectivity index (χ0) is 13.1. The fraction of sp³-hybridized carbons (Fsp3) is 0.462. The zero-order valence-corrected chi connectivity index (χ0v) is 11.2. The van der Waals surface area contributed by atoms with Gasteiger partial charge in [-0.1, -0.05) is 11.6 Å². The van der Waals surface area contributed by atoms with Crippen LogP contribution in [0.15, 0.2) is 18.2 Å². The maximum atomic E-state index is 11.8. The van der Waals surface area contributed by atoms with Crippen molar-refractivity contribution in [3.8, 4) is 0 Å². The molecule has 0 aromatic heterocycles. The molecule has 1 aromatic rings. The molecule has 0 bridgehead atoms. The van der Waals surface area contributed by atoms with Crippen LogP contribution in [0.5, 0.6) is 0 Å². The highest BCUT2D eigenvalue weighted by atomic mass is 35.5. The Labute approximate surface area is 112 Å². The quantitative estimate of drug-likeness (QED) is 0.799. The van der Waals surface area contributed by atoms with E-state index in [2.05, 4.69) is 17.3 Å². The lowest BCUT2D eigenvalue weighted by Gasteiger charge is -2.15. The molecular weight excluding hydrogens is 250 g/mol. The van der Waals surface area contributed by atoms with Gasteiger partial charge in [-0.2, -0.15) is 0 Å². The Hall–Kier alpha value is -1.26. The molecule has 0 radical (unpaired) electrons. The van der Waals surface area contributed by atoms with Crippen LogP contribution >= 0.6 is 11.6 Å². The van der Waals surface area contributed by atoms with Crippen molar-refractivity contribution < 1.29 is 4.79 Å². The number of rotatable bonds is 5. The van der Waals surface area contributed by atoms with Crippen LogP contribution < -0.4 is 11.1 Å². The summed E-state index contributed by atoms with van der Waals surface area (Å²) in [6.45, 7) is 1.52. The van der Waals surface area contributed by atoms with Gasteiger partial charge in [-0.3, -0.25) is 4.79 Å². The van der Waals surface area contributed by atoms with E-state index < -0.39 is 0 Å². The monoisotopic (exact) mass is 267 g/mol. The number of likely N-dealkylation sites (N-methyl/N-ethyl adjacent to an activating group) is 1. The number of nitrogens with one attached hydrogen (secondary N) is 1. The molecule has 98 valence electrons. The number of amides is 1. The molecule has 0 aliphatic heterocycles. The number of carbonyl (C=O) groups excluding carboxylic acids is 1. The second-order valence-corrected chi connectivity index (χ2v) is 5.11. The van der Waals surface area contributed by atoms with Crippen molar-refractivity contribution in [2.75, 3.05) is 25.9 Å². The van der Waals surface area contributed by atoms with E-state index in [4.69, 9.17) is 17.3 Å².